The molecular weight excluding hydrogens is 252 g/mol. The van der Waals surface area contributed by atoms with E-state index in [-0.39, 0.29) is 12.0 Å². The van der Waals surface area contributed by atoms with Gasteiger partial charge in [-0.05, 0) is 37.0 Å². The van der Waals surface area contributed by atoms with Crippen molar-refractivity contribution in [1.82, 2.24) is 4.90 Å². The summed E-state index contributed by atoms with van der Waals surface area (Å²) in [6.45, 7) is 5.68. The lowest BCUT2D eigenvalue weighted by atomic mass is 9.95. The van der Waals surface area contributed by atoms with E-state index in [1.165, 1.54) is 0 Å². The Morgan fingerprint density at radius 2 is 2.20 bits per heavy atom. The van der Waals surface area contributed by atoms with Crippen LogP contribution in [0.5, 0.6) is 0 Å². The molecule has 0 bridgehead atoms. The Morgan fingerprint density at radius 1 is 1.45 bits per heavy atom. The number of amides is 1. The first-order valence-electron chi connectivity index (χ1n) is 7.17. The lowest BCUT2D eigenvalue weighted by molar-refractivity contribution is -0.00153. The quantitative estimate of drug-likeness (QED) is 0.922. The Bertz CT molecular complexity index is 487. The summed E-state index contributed by atoms with van der Waals surface area (Å²) in [5.74, 6) is 0.592. The topological polar surface area (TPSA) is 41.6 Å². The third-order valence-electron chi connectivity index (χ3n) is 4.15. The summed E-state index contributed by atoms with van der Waals surface area (Å²) in [7, 11) is 3.57. The van der Waals surface area contributed by atoms with Crippen LogP contribution in [0.1, 0.15) is 29.3 Å². The van der Waals surface area contributed by atoms with E-state index in [0.29, 0.717) is 12.5 Å². The molecule has 0 aliphatic carbocycles. The van der Waals surface area contributed by atoms with Gasteiger partial charge >= 0.3 is 0 Å². The number of carbonyl (C=O) groups excluding carboxylic acids is 1. The van der Waals surface area contributed by atoms with E-state index in [9.17, 15) is 4.79 Å². The van der Waals surface area contributed by atoms with Crippen molar-refractivity contribution < 1.29 is 9.53 Å². The zero-order chi connectivity index (χ0) is 14.7. The number of nitrogens with zero attached hydrogens (tertiary/aromatic N) is 1. The lowest BCUT2D eigenvalue weighted by Gasteiger charge is -2.36. The zero-order valence-corrected chi connectivity index (χ0v) is 12.8. The number of aryl methyl sites for hydroxylation is 1. The minimum absolute atomic E-state index is 0.0864. The molecule has 1 heterocycles. The summed E-state index contributed by atoms with van der Waals surface area (Å²) >= 11 is 0. The lowest BCUT2D eigenvalue weighted by Crippen LogP contribution is -2.46. The molecule has 1 saturated heterocycles. The molecule has 2 atom stereocenters. The number of methoxy groups -OCH3 is 1. The molecule has 0 saturated carbocycles. The highest BCUT2D eigenvalue weighted by Crippen LogP contribution is 2.24. The largest absolute Gasteiger partial charge is 0.387 e. The van der Waals surface area contributed by atoms with E-state index >= 15 is 0 Å². The molecular formula is C16H24N2O2. The molecule has 1 amide bonds. The monoisotopic (exact) mass is 276 g/mol. The van der Waals surface area contributed by atoms with E-state index in [1.807, 2.05) is 37.1 Å². The average Bonchev–Trinajstić information content (AvgIpc) is 2.46. The van der Waals surface area contributed by atoms with Crippen molar-refractivity contribution >= 4 is 11.6 Å². The second-order valence-electron chi connectivity index (χ2n) is 5.59. The third-order valence-corrected chi connectivity index (χ3v) is 4.15. The highest BCUT2D eigenvalue weighted by Gasteiger charge is 2.29. The molecule has 20 heavy (non-hydrogen) atoms. The SMILES string of the molecule is CNc1cc(C)ccc1C(=O)N1CCC(C)C(OC)C1. The van der Waals surface area contributed by atoms with Crippen LogP contribution in [0.3, 0.4) is 0 Å². The first kappa shape index (κ1) is 14.9. The Balaban J connectivity index is 2.19. The maximum Gasteiger partial charge on any atom is 0.256 e. The molecule has 2 rings (SSSR count). The van der Waals surface area contributed by atoms with Crippen LogP contribution in [-0.2, 0) is 4.74 Å². The van der Waals surface area contributed by atoms with Crippen LogP contribution in [-0.4, -0.2) is 44.2 Å². The number of likely N-dealkylation sites (tertiary alicyclic amines) is 1. The van der Waals surface area contributed by atoms with Crippen LogP contribution in [0.15, 0.2) is 18.2 Å². The van der Waals surface area contributed by atoms with Gasteiger partial charge in [0.15, 0.2) is 0 Å². The molecule has 1 N–H and O–H groups in total. The van der Waals surface area contributed by atoms with Crippen molar-refractivity contribution in [1.29, 1.82) is 0 Å². The van der Waals surface area contributed by atoms with E-state index < -0.39 is 0 Å². The number of anilines is 1. The fraction of sp³-hybridized carbons (Fsp3) is 0.562. The minimum atomic E-state index is 0.0864. The van der Waals surface area contributed by atoms with Crippen LogP contribution in [0.2, 0.25) is 0 Å². The van der Waals surface area contributed by atoms with Gasteiger partial charge in [0.05, 0.1) is 11.7 Å². The first-order valence-corrected chi connectivity index (χ1v) is 7.17. The van der Waals surface area contributed by atoms with Crippen LogP contribution < -0.4 is 5.32 Å². The number of hydrogen-bond acceptors (Lipinski definition) is 3. The van der Waals surface area contributed by atoms with Gasteiger partial charge in [-0.25, -0.2) is 0 Å². The van der Waals surface area contributed by atoms with Crippen molar-refractivity contribution in [3.05, 3.63) is 29.3 Å². The molecule has 0 spiro atoms. The van der Waals surface area contributed by atoms with Crippen molar-refractivity contribution in [3.8, 4) is 0 Å². The smallest absolute Gasteiger partial charge is 0.256 e. The summed E-state index contributed by atoms with van der Waals surface area (Å²) in [4.78, 5) is 14.6. The van der Waals surface area contributed by atoms with Crippen molar-refractivity contribution in [2.75, 3.05) is 32.6 Å². The summed E-state index contributed by atoms with van der Waals surface area (Å²) in [5, 5.41) is 3.11. The summed E-state index contributed by atoms with van der Waals surface area (Å²) in [6, 6.07) is 5.89. The number of hydrogen-bond donors (Lipinski definition) is 1. The van der Waals surface area contributed by atoms with Gasteiger partial charge in [-0.2, -0.15) is 0 Å². The number of nitrogens with one attached hydrogen (secondary N) is 1. The molecule has 0 aromatic heterocycles. The van der Waals surface area contributed by atoms with E-state index in [1.54, 1.807) is 7.11 Å². The highest BCUT2D eigenvalue weighted by molar-refractivity contribution is 5.99. The molecule has 1 aromatic rings. The maximum atomic E-state index is 12.7. The third kappa shape index (κ3) is 2.96. The van der Waals surface area contributed by atoms with Gasteiger partial charge in [0.2, 0.25) is 0 Å². The van der Waals surface area contributed by atoms with E-state index in [4.69, 9.17) is 4.74 Å². The predicted molar refractivity (Wildman–Crippen MR) is 81.2 cm³/mol. The number of carbonyl (C=O) groups is 1. The molecule has 2 unspecified atom stereocenters. The molecule has 0 radical (unpaired) electrons. The summed E-state index contributed by atoms with van der Waals surface area (Å²) < 4.78 is 5.49. The fourth-order valence-electron chi connectivity index (χ4n) is 2.75. The normalized spacial score (nSPS) is 22.7. The number of piperidine rings is 1. The van der Waals surface area contributed by atoms with Gasteiger partial charge < -0.3 is 15.0 Å². The molecule has 110 valence electrons. The molecule has 4 heteroatoms. The fourth-order valence-corrected chi connectivity index (χ4v) is 2.75. The molecule has 4 nitrogen and oxygen atoms in total. The van der Waals surface area contributed by atoms with Gasteiger partial charge in [0.25, 0.3) is 5.91 Å². The maximum absolute atomic E-state index is 12.7. The van der Waals surface area contributed by atoms with Crippen molar-refractivity contribution in [3.63, 3.8) is 0 Å². The summed E-state index contributed by atoms with van der Waals surface area (Å²) in [6.07, 6.45) is 1.13. The number of ether oxygens (including phenoxy) is 1. The number of rotatable bonds is 3. The summed E-state index contributed by atoms with van der Waals surface area (Å²) in [5.41, 5.74) is 2.78. The molecule has 1 fully saturated rings. The Labute approximate surface area is 121 Å². The van der Waals surface area contributed by atoms with Gasteiger partial charge in [-0.1, -0.05) is 13.0 Å². The second-order valence-corrected chi connectivity index (χ2v) is 5.59. The highest BCUT2D eigenvalue weighted by atomic mass is 16.5. The standard InChI is InChI=1S/C16H24N2O2/c1-11-5-6-13(14(9-11)17-3)16(19)18-8-7-12(2)15(10-18)20-4/h5-6,9,12,15,17H,7-8,10H2,1-4H3. The van der Waals surface area contributed by atoms with Crippen LogP contribution >= 0.6 is 0 Å². The molecule has 1 aromatic carbocycles. The zero-order valence-electron chi connectivity index (χ0n) is 12.8. The molecule has 1 aliphatic rings. The molecule has 1 aliphatic heterocycles. The Kier molecular flexibility index (Phi) is 4.65. The van der Waals surface area contributed by atoms with Crippen molar-refractivity contribution in [2.45, 2.75) is 26.4 Å². The van der Waals surface area contributed by atoms with Crippen LogP contribution in [0.25, 0.3) is 0 Å². The van der Waals surface area contributed by atoms with Gasteiger partial charge in [-0.3, -0.25) is 4.79 Å². The minimum Gasteiger partial charge on any atom is -0.387 e. The van der Waals surface area contributed by atoms with Crippen LogP contribution in [0, 0.1) is 12.8 Å². The number of benzene rings is 1. The van der Waals surface area contributed by atoms with Gasteiger partial charge in [0, 0.05) is 32.9 Å². The van der Waals surface area contributed by atoms with Crippen LogP contribution in [0.4, 0.5) is 5.69 Å². The Hall–Kier alpha value is -1.55. The van der Waals surface area contributed by atoms with E-state index in [0.717, 1.165) is 29.8 Å². The predicted octanol–water partition coefficient (Wildman–Crippen LogP) is 2.53. The van der Waals surface area contributed by atoms with E-state index in [2.05, 4.69) is 12.2 Å². The van der Waals surface area contributed by atoms with Crippen molar-refractivity contribution in [2.24, 2.45) is 5.92 Å². The Morgan fingerprint density at radius 3 is 2.85 bits per heavy atom. The second kappa shape index (κ2) is 6.27. The average molecular weight is 276 g/mol. The first-order chi connectivity index (χ1) is 9.56. The van der Waals surface area contributed by atoms with Gasteiger partial charge in [0.1, 0.15) is 0 Å². The van der Waals surface area contributed by atoms with Gasteiger partial charge in [-0.15, -0.1) is 0 Å².